The van der Waals surface area contributed by atoms with Crippen molar-refractivity contribution < 1.29 is 44.1 Å². The van der Waals surface area contributed by atoms with Crippen LogP contribution in [-0.2, 0) is 28.8 Å². The van der Waals surface area contributed by atoms with Gasteiger partial charge in [0, 0.05) is 71.1 Å². The van der Waals surface area contributed by atoms with Crippen LogP contribution in [0.2, 0.25) is 0 Å². The Labute approximate surface area is 208 Å². The summed E-state index contributed by atoms with van der Waals surface area (Å²) in [6.07, 6.45) is 0.0256. The number of hydrogen-bond acceptors (Lipinski definition) is 9. The van der Waals surface area contributed by atoms with E-state index in [1.165, 1.54) is 0 Å². The summed E-state index contributed by atoms with van der Waals surface area (Å²) in [4.78, 5) is 76.5. The molecule has 4 N–H and O–H groups in total. The van der Waals surface area contributed by atoms with Crippen molar-refractivity contribution in [3.05, 3.63) is 0 Å². The third-order valence-electron chi connectivity index (χ3n) is 6.35. The van der Waals surface area contributed by atoms with E-state index in [-0.39, 0.29) is 89.4 Å². The van der Waals surface area contributed by atoms with Gasteiger partial charge in [0.05, 0.1) is 13.1 Å². The molecule has 3 amide bonds. The highest BCUT2D eigenvalue weighted by molar-refractivity contribution is 6.03. The van der Waals surface area contributed by atoms with Crippen LogP contribution in [0.4, 0.5) is 0 Å². The van der Waals surface area contributed by atoms with Gasteiger partial charge < -0.3 is 20.6 Å². The molecule has 0 aromatic rings. The normalized spacial score (nSPS) is 21.5. The van der Waals surface area contributed by atoms with Crippen LogP contribution in [-0.4, -0.2) is 142 Å². The Morgan fingerprint density at radius 1 is 0.917 bits per heavy atom. The Morgan fingerprint density at radius 2 is 1.44 bits per heavy atom. The van der Waals surface area contributed by atoms with Gasteiger partial charge in [-0.05, 0) is 6.42 Å². The zero-order chi connectivity index (χ0) is 26.8. The van der Waals surface area contributed by atoms with Gasteiger partial charge in [-0.1, -0.05) is 6.92 Å². The molecule has 0 aliphatic carbocycles. The van der Waals surface area contributed by atoms with Crippen LogP contribution >= 0.6 is 0 Å². The number of nitrogens with one attached hydrogen (secondary N) is 1. The topological polar surface area (TPSA) is 188 Å². The van der Waals surface area contributed by atoms with Gasteiger partial charge in [-0.2, -0.15) is 0 Å². The van der Waals surface area contributed by atoms with Crippen molar-refractivity contribution in [3.63, 3.8) is 0 Å². The van der Waals surface area contributed by atoms with Crippen molar-refractivity contribution in [2.45, 2.75) is 32.2 Å². The fourth-order valence-corrected chi connectivity index (χ4v) is 4.38. The summed E-state index contributed by atoms with van der Waals surface area (Å²) in [7, 11) is 0. The number of amides is 3. The molecule has 0 radical (unpaired) electrons. The molecule has 2 aliphatic heterocycles. The van der Waals surface area contributed by atoms with E-state index in [1.807, 2.05) is 0 Å². The van der Waals surface area contributed by atoms with Crippen LogP contribution in [0.25, 0.3) is 0 Å². The SMILES string of the molecule is CC1CC(=O)N(CCNC(=O)CCC(C(=O)O)N2CCN(CC(=O)O)CCN(CC(=O)O)CC2)C1=O. The minimum atomic E-state index is -1.14. The maximum absolute atomic E-state index is 12.3. The summed E-state index contributed by atoms with van der Waals surface area (Å²) in [6.45, 7) is 2.97. The second-order valence-electron chi connectivity index (χ2n) is 9.11. The van der Waals surface area contributed by atoms with Crippen LogP contribution in [0.3, 0.4) is 0 Å². The van der Waals surface area contributed by atoms with Crippen molar-refractivity contribution in [1.82, 2.24) is 24.9 Å². The number of carbonyl (C=O) groups is 6. The fraction of sp³-hybridized carbons (Fsp3) is 0.727. The second kappa shape index (κ2) is 13.8. The number of rotatable bonds is 12. The molecule has 0 aromatic carbocycles. The van der Waals surface area contributed by atoms with E-state index < -0.39 is 29.9 Å². The van der Waals surface area contributed by atoms with E-state index in [9.17, 15) is 33.9 Å². The first kappa shape index (κ1) is 29.1. The van der Waals surface area contributed by atoms with Crippen LogP contribution < -0.4 is 5.32 Å². The van der Waals surface area contributed by atoms with Crippen LogP contribution in [0.5, 0.6) is 0 Å². The smallest absolute Gasteiger partial charge is 0.320 e. The van der Waals surface area contributed by atoms with Gasteiger partial charge in [-0.15, -0.1) is 0 Å². The lowest BCUT2D eigenvalue weighted by Gasteiger charge is -2.30. The standard InChI is InChI=1S/C22H35N5O9/c1-15-12-18(29)27(21(15)34)5-4-23-17(28)3-2-16(22(35)36)26-10-8-24(13-19(30)31)6-7-25(9-11-26)14-20(32)33/h15-16H,2-14H2,1H3,(H,23,28)(H,30,31)(H,32,33)(H,35,36). The molecule has 2 aliphatic rings. The predicted molar refractivity (Wildman–Crippen MR) is 124 cm³/mol. The van der Waals surface area contributed by atoms with Crippen LogP contribution in [0, 0.1) is 5.92 Å². The molecule has 2 fully saturated rings. The molecule has 2 heterocycles. The highest BCUT2D eigenvalue weighted by Crippen LogP contribution is 2.18. The Kier molecular flexibility index (Phi) is 11.2. The van der Waals surface area contributed by atoms with Gasteiger partial charge in [-0.3, -0.25) is 48.4 Å². The maximum Gasteiger partial charge on any atom is 0.320 e. The molecule has 2 atom stereocenters. The lowest BCUT2D eigenvalue weighted by atomic mass is 10.1. The number of nitrogens with zero attached hydrogens (tertiary/aromatic N) is 4. The van der Waals surface area contributed by atoms with Crippen molar-refractivity contribution in [1.29, 1.82) is 0 Å². The van der Waals surface area contributed by atoms with E-state index in [0.717, 1.165) is 4.90 Å². The van der Waals surface area contributed by atoms with Crippen molar-refractivity contribution >= 4 is 35.6 Å². The summed E-state index contributed by atoms with van der Waals surface area (Å²) in [5.41, 5.74) is 0. The molecule has 0 bridgehead atoms. The predicted octanol–water partition coefficient (Wildman–Crippen LogP) is -2.18. The minimum Gasteiger partial charge on any atom is -0.480 e. The number of hydrogen-bond donors (Lipinski definition) is 4. The zero-order valence-corrected chi connectivity index (χ0v) is 20.4. The van der Waals surface area contributed by atoms with Crippen molar-refractivity contribution in [2.24, 2.45) is 5.92 Å². The second-order valence-corrected chi connectivity index (χ2v) is 9.11. The minimum absolute atomic E-state index is 0.0162. The largest absolute Gasteiger partial charge is 0.480 e. The third-order valence-corrected chi connectivity index (χ3v) is 6.35. The number of aliphatic carboxylic acids is 3. The fourth-order valence-electron chi connectivity index (χ4n) is 4.38. The van der Waals surface area contributed by atoms with Gasteiger partial charge in [0.2, 0.25) is 17.7 Å². The molecule has 0 spiro atoms. The molecule has 2 rings (SSSR count). The maximum atomic E-state index is 12.3. The molecule has 14 nitrogen and oxygen atoms in total. The number of imide groups is 1. The summed E-state index contributed by atoms with van der Waals surface area (Å²) in [5, 5.41) is 30.8. The Morgan fingerprint density at radius 3 is 1.89 bits per heavy atom. The van der Waals surface area contributed by atoms with E-state index >= 15 is 0 Å². The molecule has 0 aromatic heterocycles. The number of likely N-dealkylation sites (tertiary alicyclic amines) is 1. The number of carboxylic acid groups (broad SMARTS) is 3. The van der Waals surface area contributed by atoms with Gasteiger partial charge in [-0.25, -0.2) is 0 Å². The highest BCUT2D eigenvalue weighted by atomic mass is 16.4. The third kappa shape index (κ3) is 9.17. The van der Waals surface area contributed by atoms with Crippen molar-refractivity contribution in [2.75, 3.05) is 65.4 Å². The molecular weight excluding hydrogens is 478 g/mol. The highest BCUT2D eigenvalue weighted by Gasteiger charge is 2.35. The summed E-state index contributed by atoms with van der Waals surface area (Å²) in [5.74, 6) is -4.56. The first-order valence-corrected chi connectivity index (χ1v) is 11.9. The lowest BCUT2D eigenvalue weighted by molar-refractivity contribution is -0.145. The molecule has 2 unspecified atom stereocenters. The Balaban J connectivity index is 1.94. The van der Waals surface area contributed by atoms with Gasteiger partial charge in [0.15, 0.2) is 0 Å². The summed E-state index contributed by atoms with van der Waals surface area (Å²) < 4.78 is 0. The summed E-state index contributed by atoms with van der Waals surface area (Å²) in [6, 6.07) is -1.03. The van der Waals surface area contributed by atoms with Crippen LogP contribution in [0.15, 0.2) is 0 Å². The Hall–Kier alpha value is -3.10. The molecule has 36 heavy (non-hydrogen) atoms. The number of carboxylic acids is 3. The van der Waals surface area contributed by atoms with E-state index in [0.29, 0.717) is 13.1 Å². The Bertz CT molecular complexity index is 824. The number of carbonyl (C=O) groups excluding carboxylic acids is 3. The lowest BCUT2D eigenvalue weighted by Crippen LogP contribution is -2.47. The van der Waals surface area contributed by atoms with Gasteiger partial charge >= 0.3 is 17.9 Å². The van der Waals surface area contributed by atoms with Gasteiger partial charge in [0.25, 0.3) is 0 Å². The van der Waals surface area contributed by atoms with E-state index in [1.54, 1.807) is 21.6 Å². The molecule has 14 heteroatoms. The first-order valence-electron chi connectivity index (χ1n) is 11.9. The molecule has 202 valence electrons. The molecule has 0 saturated carbocycles. The monoisotopic (exact) mass is 513 g/mol. The zero-order valence-electron chi connectivity index (χ0n) is 20.4. The quantitative estimate of drug-likeness (QED) is 0.207. The molecule has 2 saturated heterocycles. The average Bonchev–Trinajstić information content (AvgIpc) is 3.07. The summed E-state index contributed by atoms with van der Waals surface area (Å²) >= 11 is 0. The average molecular weight is 514 g/mol. The van der Waals surface area contributed by atoms with E-state index in [4.69, 9.17) is 10.2 Å². The van der Waals surface area contributed by atoms with E-state index in [2.05, 4.69) is 5.32 Å². The van der Waals surface area contributed by atoms with Gasteiger partial charge in [0.1, 0.15) is 6.04 Å². The molecular formula is C22H35N5O9. The first-order chi connectivity index (χ1) is 17.0. The van der Waals surface area contributed by atoms with Crippen molar-refractivity contribution in [3.8, 4) is 0 Å². The van der Waals surface area contributed by atoms with Crippen LogP contribution in [0.1, 0.15) is 26.2 Å².